The molecule has 2 nitrogen and oxygen atoms in total. The first-order chi connectivity index (χ1) is 6.25. The number of ether oxygens (including phenoxy) is 1. The zero-order valence-corrected chi connectivity index (χ0v) is 8.15. The van der Waals surface area contributed by atoms with Crippen LogP contribution >= 0.6 is 0 Å². The summed E-state index contributed by atoms with van der Waals surface area (Å²) in [6, 6.07) is 0. The Labute approximate surface area is 79.3 Å². The summed E-state index contributed by atoms with van der Waals surface area (Å²) in [7, 11) is 0. The highest BCUT2D eigenvalue weighted by atomic mass is 16.6. The van der Waals surface area contributed by atoms with Crippen molar-refractivity contribution >= 4 is 0 Å². The first kappa shape index (κ1) is 8.25. The smallest absolute Gasteiger partial charge is 0.155 e. The van der Waals surface area contributed by atoms with E-state index in [1.54, 1.807) is 0 Å². The highest BCUT2D eigenvalue weighted by Crippen LogP contribution is 2.57. The third kappa shape index (κ3) is 1.08. The molecule has 13 heavy (non-hydrogen) atoms. The lowest BCUT2D eigenvalue weighted by atomic mass is 9.73. The molecule has 2 saturated carbocycles. The summed E-state index contributed by atoms with van der Waals surface area (Å²) in [4.78, 5) is 0. The van der Waals surface area contributed by atoms with Crippen LogP contribution in [0.25, 0.3) is 0 Å². The van der Waals surface area contributed by atoms with Gasteiger partial charge >= 0.3 is 0 Å². The van der Waals surface area contributed by atoms with Crippen molar-refractivity contribution in [2.24, 2.45) is 23.7 Å². The topological polar surface area (TPSA) is 29.5 Å². The van der Waals surface area contributed by atoms with Gasteiger partial charge in [-0.3, -0.25) is 0 Å². The standard InChI is InChI=1S/C11H18O2/c1-6-11-8-3-2-7(4-8)9(11)5-10(12)13-6/h6-12H,2-5H2,1H3/t6-,7-,8-,9?,10-,11?/m1/s1. The van der Waals surface area contributed by atoms with Crippen LogP contribution in [0.5, 0.6) is 0 Å². The normalized spacial score (nSPS) is 59.5. The van der Waals surface area contributed by atoms with E-state index in [-0.39, 0.29) is 0 Å². The molecule has 2 unspecified atom stereocenters. The molecule has 3 fully saturated rings. The van der Waals surface area contributed by atoms with Gasteiger partial charge in [-0.2, -0.15) is 0 Å². The van der Waals surface area contributed by atoms with Crippen LogP contribution in [0.4, 0.5) is 0 Å². The Morgan fingerprint density at radius 3 is 2.77 bits per heavy atom. The van der Waals surface area contributed by atoms with Gasteiger partial charge in [0.1, 0.15) is 0 Å². The Bertz CT molecular complexity index is 216. The zero-order valence-electron chi connectivity index (χ0n) is 8.15. The molecule has 1 aliphatic heterocycles. The van der Waals surface area contributed by atoms with Crippen LogP contribution in [0.2, 0.25) is 0 Å². The maximum Gasteiger partial charge on any atom is 0.155 e. The molecule has 0 aromatic rings. The van der Waals surface area contributed by atoms with Gasteiger partial charge in [0.05, 0.1) is 6.10 Å². The number of rotatable bonds is 0. The molecule has 2 bridgehead atoms. The predicted octanol–water partition coefficient (Wildman–Crippen LogP) is 1.78. The minimum Gasteiger partial charge on any atom is -0.368 e. The second-order valence-electron chi connectivity index (χ2n) is 5.11. The van der Waals surface area contributed by atoms with E-state index in [0.29, 0.717) is 6.10 Å². The SMILES string of the molecule is C[C@H]1O[C@@H](O)CC2C1[C@@H]1CC[C@@H]2C1. The van der Waals surface area contributed by atoms with Gasteiger partial charge in [0.2, 0.25) is 0 Å². The first-order valence-electron chi connectivity index (χ1n) is 5.59. The summed E-state index contributed by atoms with van der Waals surface area (Å²) in [6.07, 6.45) is 4.95. The molecule has 1 N–H and O–H groups in total. The summed E-state index contributed by atoms with van der Waals surface area (Å²) in [5, 5.41) is 9.53. The molecule has 2 aliphatic carbocycles. The molecule has 0 spiro atoms. The van der Waals surface area contributed by atoms with Crippen molar-refractivity contribution in [1.29, 1.82) is 0 Å². The van der Waals surface area contributed by atoms with Crippen molar-refractivity contribution < 1.29 is 9.84 Å². The van der Waals surface area contributed by atoms with Crippen LogP contribution in [0, 0.1) is 23.7 Å². The van der Waals surface area contributed by atoms with Gasteiger partial charge < -0.3 is 9.84 Å². The van der Waals surface area contributed by atoms with Crippen LogP contribution in [0.15, 0.2) is 0 Å². The molecule has 0 radical (unpaired) electrons. The molecule has 6 atom stereocenters. The fourth-order valence-electron chi connectivity index (χ4n) is 4.16. The number of aliphatic hydroxyl groups is 1. The molecule has 0 amide bonds. The lowest BCUT2D eigenvalue weighted by Gasteiger charge is -2.41. The fourth-order valence-corrected chi connectivity index (χ4v) is 4.16. The average Bonchev–Trinajstić information content (AvgIpc) is 2.62. The van der Waals surface area contributed by atoms with Gasteiger partial charge in [0.15, 0.2) is 6.29 Å². The van der Waals surface area contributed by atoms with E-state index < -0.39 is 6.29 Å². The summed E-state index contributed by atoms with van der Waals surface area (Å²) in [6.45, 7) is 2.14. The van der Waals surface area contributed by atoms with E-state index in [1.165, 1.54) is 19.3 Å². The molecule has 74 valence electrons. The zero-order chi connectivity index (χ0) is 9.00. The van der Waals surface area contributed by atoms with Crippen molar-refractivity contribution in [1.82, 2.24) is 0 Å². The molecule has 0 aromatic carbocycles. The van der Waals surface area contributed by atoms with E-state index in [2.05, 4.69) is 6.92 Å². The monoisotopic (exact) mass is 182 g/mol. The molecule has 3 aliphatic rings. The molecule has 1 saturated heterocycles. The van der Waals surface area contributed by atoms with Crippen molar-refractivity contribution in [2.75, 3.05) is 0 Å². The quantitative estimate of drug-likeness (QED) is 0.618. The first-order valence-corrected chi connectivity index (χ1v) is 5.59. The molecule has 1 heterocycles. The number of fused-ring (bicyclic) bond motifs is 5. The van der Waals surface area contributed by atoms with Crippen LogP contribution in [0.1, 0.15) is 32.6 Å². The second kappa shape index (κ2) is 2.71. The van der Waals surface area contributed by atoms with Crippen molar-refractivity contribution in [2.45, 2.75) is 45.0 Å². The van der Waals surface area contributed by atoms with E-state index in [1.807, 2.05) is 0 Å². The lowest BCUT2D eigenvalue weighted by Crippen LogP contribution is -2.42. The maximum atomic E-state index is 9.53. The third-order valence-corrected chi connectivity index (χ3v) is 4.55. The van der Waals surface area contributed by atoms with Gasteiger partial charge in [-0.25, -0.2) is 0 Å². The van der Waals surface area contributed by atoms with Gasteiger partial charge in [-0.05, 0) is 49.9 Å². The minimum atomic E-state index is -0.476. The van der Waals surface area contributed by atoms with Crippen molar-refractivity contribution in [3.63, 3.8) is 0 Å². The Hall–Kier alpha value is -0.0800. The number of aliphatic hydroxyl groups excluding tert-OH is 1. The van der Waals surface area contributed by atoms with E-state index >= 15 is 0 Å². The molecule has 3 rings (SSSR count). The Balaban J connectivity index is 1.85. The summed E-state index contributed by atoms with van der Waals surface area (Å²) >= 11 is 0. The maximum absolute atomic E-state index is 9.53. The molecule has 2 heteroatoms. The largest absolute Gasteiger partial charge is 0.368 e. The van der Waals surface area contributed by atoms with E-state index in [9.17, 15) is 5.11 Å². The second-order valence-corrected chi connectivity index (χ2v) is 5.11. The summed E-state index contributed by atoms with van der Waals surface area (Å²) in [5.41, 5.74) is 0. The highest BCUT2D eigenvalue weighted by Gasteiger charge is 2.52. The molecular weight excluding hydrogens is 164 g/mol. The average molecular weight is 182 g/mol. The highest BCUT2D eigenvalue weighted by molar-refractivity contribution is 5.00. The van der Waals surface area contributed by atoms with Gasteiger partial charge in [0, 0.05) is 6.42 Å². The van der Waals surface area contributed by atoms with Gasteiger partial charge in [0.25, 0.3) is 0 Å². The molecular formula is C11H18O2. The molecule has 0 aromatic heterocycles. The van der Waals surface area contributed by atoms with E-state index in [4.69, 9.17) is 4.74 Å². The summed E-state index contributed by atoms with van der Waals surface area (Å²) in [5.74, 6) is 3.37. The summed E-state index contributed by atoms with van der Waals surface area (Å²) < 4.78 is 5.51. The van der Waals surface area contributed by atoms with E-state index in [0.717, 1.165) is 30.1 Å². The fraction of sp³-hybridized carbons (Fsp3) is 1.00. The van der Waals surface area contributed by atoms with Crippen LogP contribution in [-0.2, 0) is 4.74 Å². The van der Waals surface area contributed by atoms with Gasteiger partial charge in [-0.15, -0.1) is 0 Å². The minimum absolute atomic E-state index is 0.295. The lowest BCUT2D eigenvalue weighted by molar-refractivity contribution is -0.202. The van der Waals surface area contributed by atoms with Gasteiger partial charge in [-0.1, -0.05) is 0 Å². The Kier molecular flexibility index (Phi) is 1.72. The van der Waals surface area contributed by atoms with Crippen molar-refractivity contribution in [3.05, 3.63) is 0 Å². The predicted molar refractivity (Wildman–Crippen MR) is 49.0 cm³/mol. The van der Waals surface area contributed by atoms with Crippen molar-refractivity contribution in [3.8, 4) is 0 Å². The van der Waals surface area contributed by atoms with Crippen LogP contribution in [-0.4, -0.2) is 17.5 Å². The number of hydrogen-bond acceptors (Lipinski definition) is 2. The Morgan fingerprint density at radius 1 is 1.15 bits per heavy atom. The number of hydrogen-bond donors (Lipinski definition) is 1. The third-order valence-electron chi connectivity index (χ3n) is 4.55. The Morgan fingerprint density at radius 2 is 1.92 bits per heavy atom. The van der Waals surface area contributed by atoms with Crippen LogP contribution < -0.4 is 0 Å². The van der Waals surface area contributed by atoms with Crippen LogP contribution in [0.3, 0.4) is 0 Å².